The number of rotatable bonds is 8. The first-order valence-electron chi connectivity index (χ1n) is 14.1. The van der Waals surface area contributed by atoms with Gasteiger partial charge < -0.3 is 15.6 Å². The molecule has 45 heavy (non-hydrogen) atoms. The van der Waals surface area contributed by atoms with E-state index in [0.717, 1.165) is 28.6 Å². The van der Waals surface area contributed by atoms with E-state index in [1.807, 2.05) is 43.7 Å². The van der Waals surface area contributed by atoms with Crippen molar-refractivity contribution in [2.75, 3.05) is 11.6 Å². The average molecular weight is 646 g/mol. The van der Waals surface area contributed by atoms with E-state index in [9.17, 15) is 22.8 Å². The number of H-pyrrole nitrogens is 1. The van der Waals surface area contributed by atoms with E-state index in [1.54, 1.807) is 37.4 Å². The van der Waals surface area contributed by atoms with Gasteiger partial charge in [-0.2, -0.15) is 5.10 Å². The number of amides is 2. The molecular formula is C33H32ClN5O5S. The number of aromatic nitrogens is 3. The number of carbonyl (C=O) groups excluding carboxylic acids is 2. The standard InChI is InChI=1S/C33H32ClN5O5S/c1-18(2)39-30-14-22(13-26(28(30)17-36-39)31(40)35-16-27-19(3)11-20(4)37-33(27)42)21-7-6-8-23(12-21)38-32(41)25-10-9-24(15-29(25)34)45(5,43)44/h6-15,17-18H,16H2,1-5H3,(H,35,40)(H,37,42)(H,38,41). The minimum atomic E-state index is -3.48. The smallest absolute Gasteiger partial charge is 0.257 e. The number of hydrogen-bond donors (Lipinski definition) is 3. The number of carbonyl (C=O) groups is 2. The normalized spacial score (nSPS) is 11.6. The zero-order chi connectivity index (χ0) is 32.6. The van der Waals surface area contributed by atoms with Gasteiger partial charge in [-0.3, -0.25) is 19.1 Å². The average Bonchev–Trinajstić information content (AvgIpc) is 3.40. The van der Waals surface area contributed by atoms with Gasteiger partial charge in [0.15, 0.2) is 9.84 Å². The molecule has 0 saturated carbocycles. The summed E-state index contributed by atoms with van der Waals surface area (Å²) in [6, 6.07) is 16.7. The molecule has 12 heteroatoms. The van der Waals surface area contributed by atoms with E-state index in [2.05, 4.69) is 20.7 Å². The second-order valence-corrected chi connectivity index (χ2v) is 13.6. The summed E-state index contributed by atoms with van der Waals surface area (Å²) < 4.78 is 25.5. The second-order valence-electron chi connectivity index (χ2n) is 11.2. The van der Waals surface area contributed by atoms with Crippen LogP contribution in [0.5, 0.6) is 0 Å². The van der Waals surface area contributed by atoms with Gasteiger partial charge in [-0.15, -0.1) is 0 Å². The van der Waals surface area contributed by atoms with Crippen LogP contribution in [0, 0.1) is 13.8 Å². The number of nitrogens with zero attached hydrogens (tertiary/aromatic N) is 2. The summed E-state index contributed by atoms with van der Waals surface area (Å²) in [4.78, 5) is 42.0. The van der Waals surface area contributed by atoms with Crippen molar-refractivity contribution in [3.05, 3.63) is 110 Å². The van der Waals surface area contributed by atoms with Crippen molar-refractivity contribution in [2.45, 2.75) is 45.2 Å². The molecule has 3 aromatic carbocycles. The SMILES string of the molecule is Cc1cc(C)c(CNC(=O)c2cc(-c3cccc(NC(=O)c4ccc(S(C)(=O)=O)cc4Cl)c3)cc3c2cnn3C(C)C)c(=O)[nH]1. The number of aryl methyl sites for hydroxylation is 2. The topological polar surface area (TPSA) is 143 Å². The van der Waals surface area contributed by atoms with Crippen molar-refractivity contribution in [3.8, 4) is 11.1 Å². The molecule has 5 aromatic rings. The summed E-state index contributed by atoms with van der Waals surface area (Å²) in [7, 11) is -3.48. The first-order chi connectivity index (χ1) is 21.2. The molecule has 5 rings (SSSR count). The van der Waals surface area contributed by atoms with Crippen molar-refractivity contribution >= 4 is 49.8 Å². The number of fused-ring (bicyclic) bond motifs is 1. The third-order valence-corrected chi connectivity index (χ3v) is 8.86. The van der Waals surface area contributed by atoms with Gasteiger partial charge >= 0.3 is 0 Å². The molecule has 0 spiro atoms. The lowest BCUT2D eigenvalue weighted by Crippen LogP contribution is -2.28. The highest BCUT2D eigenvalue weighted by Gasteiger charge is 2.19. The quantitative estimate of drug-likeness (QED) is 0.194. The maximum Gasteiger partial charge on any atom is 0.257 e. The van der Waals surface area contributed by atoms with Crippen molar-refractivity contribution in [1.82, 2.24) is 20.1 Å². The highest BCUT2D eigenvalue weighted by Crippen LogP contribution is 2.31. The maximum atomic E-state index is 13.6. The predicted molar refractivity (Wildman–Crippen MR) is 176 cm³/mol. The minimum Gasteiger partial charge on any atom is -0.348 e. The molecule has 0 aliphatic heterocycles. The Morgan fingerprint density at radius 1 is 0.978 bits per heavy atom. The Hall–Kier alpha value is -4.74. The molecule has 0 aliphatic carbocycles. The van der Waals surface area contributed by atoms with Crippen LogP contribution in [-0.2, 0) is 16.4 Å². The van der Waals surface area contributed by atoms with Gasteiger partial charge in [-0.25, -0.2) is 8.42 Å². The highest BCUT2D eigenvalue weighted by molar-refractivity contribution is 7.90. The fourth-order valence-electron chi connectivity index (χ4n) is 5.16. The van der Waals surface area contributed by atoms with E-state index in [-0.39, 0.29) is 39.5 Å². The predicted octanol–water partition coefficient (Wildman–Crippen LogP) is 5.83. The van der Waals surface area contributed by atoms with Gasteiger partial charge in [0, 0.05) is 41.2 Å². The zero-order valence-electron chi connectivity index (χ0n) is 25.4. The van der Waals surface area contributed by atoms with Crippen LogP contribution in [0.25, 0.3) is 22.0 Å². The monoisotopic (exact) mass is 645 g/mol. The van der Waals surface area contributed by atoms with E-state index in [1.165, 1.54) is 18.2 Å². The number of nitrogens with one attached hydrogen (secondary N) is 3. The van der Waals surface area contributed by atoms with Gasteiger partial charge in [0.05, 0.1) is 32.8 Å². The number of hydrogen-bond acceptors (Lipinski definition) is 6. The maximum absolute atomic E-state index is 13.6. The molecule has 2 heterocycles. The van der Waals surface area contributed by atoms with Crippen LogP contribution >= 0.6 is 11.6 Å². The summed E-state index contributed by atoms with van der Waals surface area (Å²) in [6.45, 7) is 7.68. The number of sulfone groups is 1. The Kier molecular flexibility index (Phi) is 8.68. The Morgan fingerprint density at radius 2 is 1.73 bits per heavy atom. The lowest BCUT2D eigenvalue weighted by molar-refractivity contribution is 0.0951. The molecule has 232 valence electrons. The van der Waals surface area contributed by atoms with Crippen LogP contribution in [0.1, 0.15) is 57.4 Å². The minimum absolute atomic E-state index is 0.0115. The molecule has 2 amide bonds. The van der Waals surface area contributed by atoms with E-state index >= 15 is 0 Å². The number of pyridine rings is 1. The van der Waals surface area contributed by atoms with Crippen LogP contribution in [0.2, 0.25) is 5.02 Å². The summed E-state index contributed by atoms with van der Waals surface area (Å²) in [5.41, 5.74) is 4.95. The van der Waals surface area contributed by atoms with Crippen molar-refractivity contribution in [2.24, 2.45) is 0 Å². The van der Waals surface area contributed by atoms with Gasteiger partial charge in [-0.1, -0.05) is 23.7 Å². The molecule has 0 radical (unpaired) electrons. The molecule has 0 aliphatic rings. The first-order valence-corrected chi connectivity index (χ1v) is 16.4. The van der Waals surface area contributed by atoms with Gasteiger partial charge in [0.1, 0.15) is 0 Å². The summed E-state index contributed by atoms with van der Waals surface area (Å²) >= 11 is 6.25. The van der Waals surface area contributed by atoms with Crippen LogP contribution in [0.3, 0.4) is 0 Å². The molecule has 0 bridgehead atoms. The molecule has 0 atom stereocenters. The first kappa shape index (κ1) is 31.7. The van der Waals surface area contributed by atoms with Crippen LogP contribution in [-0.4, -0.2) is 41.3 Å². The third kappa shape index (κ3) is 6.69. The van der Waals surface area contributed by atoms with E-state index < -0.39 is 15.7 Å². The third-order valence-electron chi connectivity index (χ3n) is 7.44. The Labute approximate surface area is 265 Å². The van der Waals surface area contributed by atoms with Gasteiger partial charge in [0.25, 0.3) is 17.4 Å². The van der Waals surface area contributed by atoms with Crippen LogP contribution in [0.15, 0.2) is 76.6 Å². The lowest BCUT2D eigenvalue weighted by atomic mass is 9.99. The van der Waals surface area contributed by atoms with Crippen molar-refractivity contribution in [1.29, 1.82) is 0 Å². The fraction of sp³-hybridized carbons (Fsp3) is 0.212. The van der Waals surface area contributed by atoms with Gasteiger partial charge in [0.2, 0.25) is 0 Å². The fourth-order valence-corrected chi connectivity index (χ4v) is 6.14. The number of benzene rings is 3. The van der Waals surface area contributed by atoms with E-state index in [0.29, 0.717) is 27.8 Å². The highest BCUT2D eigenvalue weighted by atomic mass is 35.5. The number of aromatic amines is 1. The second kappa shape index (κ2) is 12.3. The molecule has 10 nitrogen and oxygen atoms in total. The Bertz CT molecular complexity index is 2150. The zero-order valence-corrected chi connectivity index (χ0v) is 26.9. The Morgan fingerprint density at radius 3 is 2.40 bits per heavy atom. The van der Waals surface area contributed by atoms with Crippen LogP contribution < -0.4 is 16.2 Å². The van der Waals surface area contributed by atoms with Gasteiger partial charge in [-0.05, 0) is 92.9 Å². The molecule has 2 aromatic heterocycles. The molecule has 0 fully saturated rings. The molecule has 0 unspecified atom stereocenters. The number of halogens is 1. The lowest BCUT2D eigenvalue weighted by Gasteiger charge is -2.13. The Balaban J connectivity index is 1.48. The van der Waals surface area contributed by atoms with Crippen molar-refractivity contribution < 1.29 is 18.0 Å². The molecule has 0 saturated heterocycles. The summed E-state index contributed by atoms with van der Waals surface area (Å²) in [5.74, 6) is -0.867. The van der Waals surface area contributed by atoms with Crippen LogP contribution in [0.4, 0.5) is 5.69 Å². The summed E-state index contributed by atoms with van der Waals surface area (Å²) in [5, 5.41) is 10.9. The number of anilines is 1. The van der Waals surface area contributed by atoms with Crippen molar-refractivity contribution in [3.63, 3.8) is 0 Å². The summed E-state index contributed by atoms with van der Waals surface area (Å²) in [6.07, 6.45) is 2.73. The molecular weight excluding hydrogens is 614 g/mol. The van der Waals surface area contributed by atoms with E-state index in [4.69, 9.17) is 11.6 Å². The molecule has 3 N–H and O–H groups in total. The largest absolute Gasteiger partial charge is 0.348 e.